The molecule has 1 aromatic carbocycles. The normalized spacial score (nSPS) is 18.4. The maximum atomic E-state index is 6.34. The van der Waals surface area contributed by atoms with Crippen LogP contribution in [0.4, 0.5) is 0 Å². The van der Waals surface area contributed by atoms with Crippen LogP contribution in [-0.4, -0.2) is 52.0 Å². The molecule has 0 saturated carbocycles. The van der Waals surface area contributed by atoms with E-state index in [1.165, 1.54) is 0 Å². The van der Waals surface area contributed by atoms with Gasteiger partial charge < -0.3 is 19.9 Å². The van der Waals surface area contributed by atoms with Crippen LogP contribution in [0.15, 0.2) is 18.2 Å². The van der Waals surface area contributed by atoms with E-state index >= 15 is 0 Å². The van der Waals surface area contributed by atoms with Gasteiger partial charge in [0.1, 0.15) is 11.5 Å². The number of nitrogens with two attached hydrogens (primary N) is 1. The van der Waals surface area contributed by atoms with E-state index in [-0.39, 0.29) is 6.04 Å². The van der Waals surface area contributed by atoms with Crippen LogP contribution in [0.5, 0.6) is 11.5 Å². The molecule has 0 spiro atoms. The quantitative estimate of drug-likeness (QED) is 0.884. The zero-order valence-corrected chi connectivity index (χ0v) is 12.3. The summed E-state index contributed by atoms with van der Waals surface area (Å²) in [5.41, 5.74) is 7.35. The highest BCUT2D eigenvalue weighted by Crippen LogP contribution is 2.28. The highest BCUT2D eigenvalue weighted by molar-refractivity contribution is 5.42. The lowest BCUT2D eigenvalue weighted by molar-refractivity contribution is 0.140. The molecule has 1 aromatic rings. The summed E-state index contributed by atoms with van der Waals surface area (Å²) >= 11 is 0. The van der Waals surface area contributed by atoms with E-state index in [0.717, 1.165) is 56.3 Å². The monoisotopic (exact) mass is 280 g/mol. The van der Waals surface area contributed by atoms with Crippen molar-refractivity contribution in [3.05, 3.63) is 23.8 Å². The van der Waals surface area contributed by atoms with Crippen LogP contribution in [0.1, 0.15) is 18.0 Å². The highest BCUT2D eigenvalue weighted by atomic mass is 16.5. The molecule has 0 radical (unpaired) electrons. The molecule has 20 heavy (non-hydrogen) atoms. The molecule has 0 bridgehead atoms. The molecule has 5 nitrogen and oxygen atoms in total. The third-order valence-electron chi connectivity index (χ3n) is 3.61. The van der Waals surface area contributed by atoms with E-state index in [2.05, 4.69) is 4.90 Å². The minimum atomic E-state index is -0.0750. The molecule has 112 valence electrons. The summed E-state index contributed by atoms with van der Waals surface area (Å²) in [4.78, 5) is 2.35. The van der Waals surface area contributed by atoms with Crippen molar-refractivity contribution in [3.8, 4) is 11.5 Å². The van der Waals surface area contributed by atoms with Crippen LogP contribution in [0.25, 0.3) is 0 Å². The number of ether oxygens (including phenoxy) is 3. The fourth-order valence-corrected chi connectivity index (χ4v) is 2.48. The van der Waals surface area contributed by atoms with Crippen LogP contribution in [0, 0.1) is 0 Å². The Morgan fingerprint density at radius 3 is 2.85 bits per heavy atom. The van der Waals surface area contributed by atoms with Crippen LogP contribution >= 0.6 is 0 Å². The van der Waals surface area contributed by atoms with Gasteiger partial charge in [0.05, 0.1) is 20.8 Å². The molecular formula is C15H24N2O3. The smallest absolute Gasteiger partial charge is 0.127 e. The van der Waals surface area contributed by atoms with Gasteiger partial charge in [-0.1, -0.05) is 6.07 Å². The Bertz CT molecular complexity index is 418. The zero-order valence-electron chi connectivity index (χ0n) is 12.3. The van der Waals surface area contributed by atoms with Gasteiger partial charge in [-0.05, 0) is 12.5 Å². The molecule has 1 heterocycles. The average molecular weight is 280 g/mol. The molecule has 1 aliphatic heterocycles. The van der Waals surface area contributed by atoms with Gasteiger partial charge >= 0.3 is 0 Å². The Hall–Kier alpha value is -1.30. The Labute approximate surface area is 120 Å². The molecule has 0 amide bonds. The number of nitrogens with zero attached hydrogens (tertiary/aromatic N) is 1. The second kappa shape index (κ2) is 7.47. The van der Waals surface area contributed by atoms with Gasteiger partial charge in [0, 0.05) is 43.9 Å². The predicted molar refractivity (Wildman–Crippen MR) is 78.4 cm³/mol. The third kappa shape index (κ3) is 3.85. The predicted octanol–water partition coefficient (Wildman–Crippen LogP) is 1.43. The van der Waals surface area contributed by atoms with E-state index in [0.29, 0.717) is 0 Å². The minimum Gasteiger partial charge on any atom is -0.497 e. The van der Waals surface area contributed by atoms with Gasteiger partial charge in [-0.3, -0.25) is 4.90 Å². The lowest BCUT2D eigenvalue weighted by Crippen LogP contribution is -2.34. The van der Waals surface area contributed by atoms with Crippen molar-refractivity contribution in [1.82, 2.24) is 4.90 Å². The van der Waals surface area contributed by atoms with Gasteiger partial charge in [0.25, 0.3) is 0 Å². The molecule has 0 aliphatic carbocycles. The fourth-order valence-electron chi connectivity index (χ4n) is 2.48. The SMILES string of the molecule is COc1ccc(C(N)CN2CCCOCC2)c(OC)c1. The van der Waals surface area contributed by atoms with Crippen LogP contribution in [-0.2, 0) is 4.74 Å². The maximum absolute atomic E-state index is 6.34. The number of rotatable bonds is 5. The molecule has 1 fully saturated rings. The van der Waals surface area contributed by atoms with Gasteiger partial charge in [0.2, 0.25) is 0 Å². The van der Waals surface area contributed by atoms with Gasteiger partial charge in [-0.15, -0.1) is 0 Å². The Morgan fingerprint density at radius 2 is 2.10 bits per heavy atom. The largest absolute Gasteiger partial charge is 0.497 e. The molecule has 1 atom stereocenters. The van der Waals surface area contributed by atoms with E-state index in [1.807, 2.05) is 18.2 Å². The molecule has 2 N–H and O–H groups in total. The number of benzene rings is 1. The summed E-state index contributed by atoms with van der Waals surface area (Å²) in [5.74, 6) is 1.56. The molecule has 5 heteroatoms. The van der Waals surface area contributed by atoms with Crippen molar-refractivity contribution in [3.63, 3.8) is 0 Å². The molecule has 1 unspecified atom stereocenters. The van der Waals surface area contributed by atoms with Gasteiger partial charge in [-0.2, -0.15) is 0 Å². The van der Waals surface area contributed by atoms with Crippen molar-refractivity contribution in [2.24, 2.45) is 5.73 Å². The summed E-state index contributed by atoms with van der Waals surface area (Å²) < 4.78 is 16.1. The molecular weight excluding hydrogens is 256 g/mol. The van der Waals surface area contributed by atoms with Crippen LogP contribution in [0.3, 0.4) is 0 Å². The van der Waals surface area contributed by atoms with E-state index < -0.39 is 0 Å². The van der Waals surface area contributed by atoms with Crippen LogP contribution < -0.4 is 15.2 Å². The van der Waals surface area contributed by atoms with E-state index in [9.17, 15) is 0 Å². The van der Waals surface area contributed by atoms with E-state index in [4.69, 9.17) is 19.9 Å². The summed E-state index contributed by atoms with van der Waals surface area (Å²) in [6, 6.07) is 5.70. The highest BCUT2D eigenvalue weighted by Gasteiger charge is 2.17. The number of methoxy groups -OCH3 is 2. The van der Waals surface area contributed by atoms with Gasteiger partial charge in [0.15, 0.2) is 0 Å². The fraction of sp³-hybridized carbons (Fsp3) is 0.600. The first-order valence-electron chi connectivity index (χ1n) is 7.02. The second-order valence-corrected chi connectivity index (χ2v) is 4.98. The lowest BCUT2D eigenvalue weighted by Gasteiger charge is -2.24. The first-order valence-corrected chi connectivity index (χ1v) is 7.02. The van der Waals surface area contributed by atoms with Crippen molar-refractivity contribution in [2.75, 3.05) is 47.1 Å². The molecule has 1 aliphatic rings. The Morgan fingerprint density at radius 1 is 1.25 bits per heavy atom. The summed E-state index contributed by atoms with van der Waals surface area (Å²) in [7, 11) is 3.30. The lowest BCUT2D eigenvalue weighted by atomic mass is 10.1. The van der Waals surface area contributed by atoms with E-state index in [1.54, 1.807) is 14.2 Å². The summed E-state index contributed by atoms with van der Waals surface area (Å²) in [5, 5.41) is 0. The minimum absolute atomic E-state index is 0.0750. The molecule has 2 rings (SSSR count). The summed E-state index contributed by atoms with van der Waals surface area (Å²) in [6.07, 6.45) is 1.06. The van der Waals surface area contributed by atoms with Gasteiger partial charge in [-0.25, -0.2) is 0 Å². The first kappa shape index (κ1) is 15.1. The summed E-state index contributed by atoms with van der Waals surface area (Å²) in [6.45, 7) is 4.41. The Balaban J connectivity index is 2.05. The number of hydrogen-bond acceptors (Lipinski definition) is 5. The number of hydrogen-bond donors (Lipinski definition) is 1. The maximum Gasteiger partial charge on any atom is 0.127 e. The van der Waals surface area contributed by atoms with Crippen molar-refractivity contribution < 1.29 is 14.2 Å². The third-order valence-corrected chi connectivity index (χ3v) is 3.61. The standard InChI is InChI=1S/C15H24N2O3/c1-18-12-4-5-13(15(10-12)19-2)14(16)11-17-6-3-8-20-9-7-17/h4-5,10,14H,3,6-9,11,16H2,1-2H3. The molecule has 0 aromatic heterocycles. The Kier molecular flexibility index (Phi) is 5.64. The first-order chi connectivity index (χ1) is 9.74. The van der Waals surface area contributed by atoms with Crippen molar-refractivity contribution in [1.29, 1.82) is 0 Å². The van der Waals surface area contributed by atoms with Crippen molar-refractivity contribution in [2.45, 2.75) is 12.5 Å². The average Bonchev–Trinajstić information content (AvgIpc) is 2.75. The zero-order chi connectivity index (χ0) is 14.4. The second-order valence-electron chi connectivity index (χ2n) is 4.98. The molecule has 1 saturated heterocycles. The van der Waals surface area contributed by atoms with Crippen molar-refractivity contribution >= 4 is 0 Å². The topological polar surface area (TPSA) is 57.0 Å². The van der Waals surface area contributed by atoms with Crippen LogP contribution in [0.2, 0.25) is 0 Å².